The van der Waals surface area contributed by atoms with E-state index < -0.39 is 17.0 Å². The van der Waals surface area contributed by atoms with E-state index in [0.29, 0.717) is 11.1 Å². The maximum absolute atomic E-state index is 12.0. The zero-order valence-corrected chi connectivity index (χ0v) is 12.4. The Labute approximate surface area is 136 Å². The molecule has 0 bridgehead atoms. The van der Waals surface area contributed by atoms with E-state index >= 15 is 0 Å². The summed E-state index contributed by atoms with van der Waals surface area (Å²) >= 11 is 0. The summed E-state index contributed by atoms with van der Waals surface area (Å²) in [5.74, 6) is -1.88. The van der Waals surface area contributed by atoms with Gasteiger partial charge in [0.15, 0.2) is 0 Å². The Kier molecular flexibility index (Phi) is 5.45. The van der Waals surface area contributed by atoms with Crippen molar-refractivity contribution < 1.29 is 29.4 Å². The maximum atomic E-state index is 12.0. The second kappa shape index (κ2) is 7.73. The fourth-order valence-electron chi connectivity index (χ4n) is 2.01. The molecule has 0 radical (unpaired) electrons. The fraction of sp³-hybridized carbons (Fsp3) is 0.125. The predicted molar refractivity (Wildman–Crippen MR) is 81.0 cm³/mol. The van der Waals surface area contributed by atoms with Gasteiger partial charge in [-0.15, -0.1) is 10.1 Å². The average Bonchev–Trinajstić information content (AvgIpc) is 2.53. The molecule has 2 rings (SSSR count). The number of benzene rings is 2. The van der Waals surface area contributed by atoms with Gasteiger partial charge in [0.2, 0.25) is 0 Å². The molecule has 2 aromatic carbocycles. The third-order valence-corrected chi connectivity index (χ3v) is 3.02. The molecular weight excluding hydrogens is 318 g/mol. The largest absolute Gasteiger partial charge is 0.478 e. The van der Waals surface area contributed by atoms with Crippen molar-refractivity contribution in [2.45, 2.75) is 13.0 Å². The Morgan fingerprint density at radius 2 is 1.79 bits per heavy atom. The third-order valence-electron chi connectivity index (χ3n) is 3.02. The number of ether oxygens (including phenoxy) is 1. The SMILES string of the molecule is O=C(Cc1cccc(CO[N+](=O)[O-])c1)Oc1ccccc1C(=O)O. The summed E-state index contributed by atoms with van der Waals surface area (Å²) in [7, 11) is 0. The summed E-state index contributed by atoms with van der Waals surface area (Å²) in [4.78, 5) is 37.5. The number of hydrogen-bond acceptors (Lipinski definition) is 6. The number of carboxylic acids is 1. The van der Waals surface area contributed by atoms with Crippen molar-refractivity contribution in [3.8, 4) is 5.75 Å². The predicted octanol–water partition coefficient (Wildman–Crippen LogP) is 2.24. The van der Waals surface area contributed by atoms with Gasteiger partial charge in [0.25, 0.3) is 5.09 Å². The number of esters is 1. The highest BCUT2D eigenvalue weighted by molar-refractivity contribution is 5.92. The van der Waals surface area contributed by atoms with Crippen molar-refractivity contribution in [1.29, 1.82) is 0 Å². The van der Waals surface area contributed by atoms with Gasteiger partial charge in [-0.2, -0.15) is 0 Å². The number of nitrogens with zero attached hydrogens (tertiary/aromatic N) is 1. The van der Waals surface area contributed by atoms with Gasteiger partial charge in [-0.05, 0) is 23.3 Å². The Balaban J connectivity index is 2.04. The van der Waals surface area contributed by atoms with Gasteiger partial charge in [-0.3, -0.25) is 4.79 Å². The first kappa shape index (κ1) is 16.9. The first-order valence-corrected chi connectivity index (χ1v) is 6.84. The Morgan fingerprint density at radius 3 is 2.50 bits per heavy atom. The van der Waals surface area contributed by atoms with Crippen LogP contribution in [-0.4, -0.2) is 22.1 Å². The van der Waals surface area contributed by atoms with Gasteiger partial charge in [-0.25, -0.2) is 4.79 Å². The molecule has 0 amide bonds. The summed E-state index contributed by atoms with van der Waals surface area (Å²) in [6.07, 6.45) is -0.111. The number of carboxylic acid groups (broad SMARTS) is 1. The van der Waals surface area contributed by atoms with Crippen LogP contribution in [0, 0.1) is 10.1 Å². The van der Waals surface area contributed by atoms with Crippen molar-refractivity contribution in [2.24, 2.45) is 0 Å². The molecule has 0 aliphatic carbocycles. The molecule has 0 aliphatic rings. The normalized spacial score (nSPS) is 10.0. The fourth-order valence-corrected chi connectivity index (χ4v) is 2.01. The van der Waals surface area contributed by atoms with E-state index in [-0.39, 0.29) is 24.3 Å². The zero-order valence-electron chi connectivity index (χ0n) is 12.4. The van der Waals surface area contributed by atoms with Gasteiger partial charge in [0, 0.05) is 0 Å². The number of para-hydroxylation sites is 1. The number of hydrogen-bond donors (Lipinski definition) is 1. The second-order valence-corrected chi connectivity index (χ2v) is 4.77. The molecule has 0 aliphatic heterocycles. The molecule has 0 heterocycles. The molecule has 0 atom stereocenters. The van der Waals surface area contributed by atoms with Crippen molar-refractivity contribution in [1.82, 2.24) is 0 Å². The lowest BCUT2D eigenvalue weighted by atomic mass is 10.1. The van der Waals surface area contributed by atoms with Crippen molar-refractivity contribution in [3.63, 3.8) is 0 Å². The molecule has 0 fully saturated rings. The zero-order chi connectivity index (χ0) is 17.5. The van der Waals surface area contributed by atoms with Crippen LogP contribution in [0.25, 0.3) is 0 Å². The molecule has 2 aromatic rings. The van der Waals surface area contributed by atoms with E-state index in [4.69, 9.17) is 9.84 Å². The summed E-state index contributed by atoms with van der Waals surface area (Å²) in [6, 6.07) is 12.3. The number of carbonyl (C=O) groups excluding carboxylic acids is 1. The Bertz CT molecular complexity index is 773. The number of carbonyl (C=O) groups is 2. The van der Waals surface area contributed by atoms with Crippen LogP contribution < -0.4 is 4.74 Å². The lowest BCUT2D eigenvalue weighted by molar-refractivity contribution is -0.763. The van der Waals surface area contributed by atoms with E-state index in [1.54, 1.807) is 30.3 Å². The molecular formula is C16H13NO7. The maximum Gasteiger partial charge on any atom is 0.339 e. The molecule has 24 heavy (non-hydrogen) atoms. The lowest BCUT2D eigenvalue weighted by Gasteiger charge is -2.08. The molecule has 8 nitrogen and oxygen atoms in total. The van der Waals surface area contributed by atoms with Gasteiger partial charge in [0.1, 0.15) is 17.9 Å². The lowest BCUT2D eigenvalue weighted by Crippen LogP contribution is -2.13. The van der Waals surface area contributed by atoms with Crippen LogP contribution in [0.15, 0.2) is 48.5 Å². The standard InChI is InChI=1S/C16H13NO7/c18-15(24-14-7-2-1-6-13(14)16(19)20)9-11-4-3-5-12(8-11)10-23-17(21)22/h1-8H,9-10H2,(H,19,20). The third kappa shape index (κ3) is 4.80. The minimum Gasteiger partial charge on any atom is -0.478 e. The van der Waals surface area contributed by atoms with Crippen LogP contribution >= 0.6 is 0 Å². The van der Waals surface area contributed by atoms with Gasteiger partial charge < -0.3 is 14.7 Å². The highest BCUT2D eigenvalue weighted by Crippen LogP contribution is 2.18. The van der Waals surface area contributed by atoms with Gasteiger partial charge >= 0.3 is 11.9 Å². The summed E-state index contributed by atoms with van der Waals surface area (Å²) in [5.41, 5.74) is 0.985. The molecule has 0 saturated heterocycles. The van der Waals surface area contributed by atoms with Crippen molar-refractivity contribution >= 4 is 11.9 Å². The first-order valence-electron chi connectivity index (χ1n) is 6.84. The van der Waals surface area contributed by atoms with Crippen LogP contribution in [0.5, 0.6) is 5.75 Å². The smallest absolute Gasteiger partial charge is 0.339 e. The molecule has 0 saturated carbocycles. The highest BCUT2D eigenvalue weighted by atomic mass is 16.9. The van der Waals surface area contributed by atoms with Crippen LogP contribution in [0.1, 0.15) is 21.5 Å². The molecule has 0 aromatic heterocycles. The number of aromatic carboxylic acids is 1. The van der Waals surface area contributed by atoms with Crippen LogP contribution in [0.2, 0.25) is 0 Å². The van der Waals surface area contributed by atoms with E-state index in [9.17, 15) is 19.7 Å². The minimum atomic E-state index is -1.20. The van der Waals surface area contributed by atoms with Gasteiger partial charge in [-0.1, -0.05) is 36.4 Å². The van der Waals surface area contributed by atoms with E-state index in [1.165, 1.54) is 18.2 Å². The van der Waals surface area contributed by atoms with Gasteiger partial charge in [0.05, 0.1) is 6.42 Å². The van der Waals surface area contributed by atoms with Crippen LogP contribution in [-0.2, 0) is 22.7 Å². The van der Waals surface area contributed by atoms with E-state index in [0.717, 1.165) is 0 Å². The quantitative estimate of drug-likeness (QED) is 0.358. The Morgan fingerprint density at radius 1 is 1.08 bits per heavy atom. The molecule has 0 spiro atoms. The van der Waals surface area contributed by atoms with E-state index in [1.807, 2.05) is 0 Å². The molecule has 8 heteroatoms. The van der Waals surface area contributed by atoms with Crippen molar-refractivity contribution in [3.05, 3.63) is 75.3 Å². The number of rotatable bonds is 7. The van der Waals surface area contributed by atoms with Crippen molar-refractivity contribution in [2.75, 3.05) is 0 Å². The van der Waals surface area contributed by atoms with Crippen LogP contribution in [0.4, 0.5) is 0 Å². The summed E-state index contributed by atoms with van der Waals surface area (Å²) < 4.78 is 5.09. The molecule has 0 unspecified atom stereocenters. The monoisotopic (exact) mass is 331 g/mol. The average molecular weight is 331 g/mol. The first-order chi connectivity index (χ1) is 11.5. The minimum absolute atomic E-state index is 0.0390. The Hall–Kier alpha value is -3.42. The molecule has 124 valence electrons. The van der Waals surface area contributed by atoms with E-state index in [2.05, 4.69) is 4.84 Å². The summed E-state index contributed by atoms with van der Waals surface area (Å²) in [5, 5.41) is 18.3. The molecule has 1 N–H and O–H groups in total. The summed E-state index contributed by atoms with van der Waals surface area (Å²) in [6.45, 7) is -0.224. The second-order valence-electron chi connectivity index (χ2n) is 4.77. The topological polar surface area (TPSA) is 116 Å². The van der Waals surface area contributed by atoms with Crippen LogP contribution in [0.3, 0.4) is 0 Å². The highest BCUT2D eigenvalue weighted by Gasteiger charge is 2.14.